The maximum absolute atomic E-state index is 10.8. The quantitative estimate of drug-likeness (QED) is 0.494. The Morgan fingerprint density at radius 1 is 1.10 bits per heavy atom. The third-order valence-electron chi connectivity index (χ3n) is 1.01. The van der Waals surface area contributed by atoms with Crippen LogP contribution in [0.1, 0.15) is 0 Å². The van der Waals surface area contributed by atoms with Crippen molar-refractivity contribution in [3.8, 4) is 0 Å². The summed E-state index contributed by atoms with van der Waals surface area (Å²) < 4.78 is 0.900. The molecule has 0 bridgehead atoms. The zero-order chi connectivity index (χ0) is 7.72. The predicted molar refractivity (Wildman–Crippen MR) is 44.0 cm³/mol. The van der Waals surface area contributed by atoms with Crippen LogP contribution >= 0.6 is 31.9 Å². The van der Waals surface area contributed by atoms with Crippen molar-refractivity contribution in [2.75, 3.05) is 0 Å². The van der Waals surface area contributed by atoms with Crippen molar-refractivity contribution in [3.63, 3.8) is 0 Å². The fourth-order valence-corrected chi connectivity index (χ4v) is 1.15. The van der Waals surface area contributed by atoms with Gasteiger partial charge in [-0.25, -0.2) is 0 Å². The van der Waals surface area contributed by atoms with Crippen LogP contribution in [0.3, 0.4) is 0 Å². The minimum atomic E-state index is -0.505. The average molecular weight is 266 g/mol. The van der Waals surface area contributed by atoms with Crippen molar-refractivity contribution in [1.82, 2.24) is 0 Å². The van der Waals surface area contributed by atoms with Crippen LogP contribution in [0.5, 0.6) is 0 Å². The summed E-state index contributed by atoms with van der Waals surface area (Å²) in [7, 11) is 0. The molecule has 0 saturated carbocycles. The number of ketones is 2. The Bertz CT molecular complexity index is 263. The molecule has 1 rings (SSSR count). The Hall–Kier alpha value is -0.220. The summed E-state index contributed by atoms with van der Waals surface area (Å²) in [4.78, 5) is 21.4. The second kappa shape index (κ2) is 2.80. The SMILES string of the molecule is O=C1C=CC(Br)=C(Br)C1=O. The Balaban J connectivity index is 3.11. The highest BCUT2D eigenvalue weighted by Gasteiger charge is 2.19. The van der Waals surface area contributed by atoms with E-state index >= 15 is 0 Å². The van der Waals surface area contributed by atoms with E-state index < -0.39 is 11.6 Å². The van der Waals surface area contributed by atoms with Crippen LogP contribution in [0.2, 0.25) is 0 Å². The maximum atomic E-state index is 10.8. The lowest BCUT2D eigenvalue weighted by molar-refractivity contribution is -0.131. The molecular formula is C6H2Br2O2. The van der Waals surface area contributed by atoms with Gasteiger partial charge in [0.1, 0.15) is 0 Å². The van der Waals surface area contributed by atoms with E-state index in [0.29, 0.717) is 8.96 Å². The molecule has 0 amide bonds. The fraction of sp³-hybridized carbons (Fsp3) is 0. The first-order chi connectivity index (χ1) is 4.63. The Kier molecular flexibility index (Phi) is 2.21. The monoisotopic (exact) mass is 264 g/mol. The van der Waals surface area contributed by atoms with Crippen LogP contribution < -0.4 is 0 Å². The van der Waals surface area contributed by atoms with E-state index in [1.807, 2.05) is 0 Å². The van der Waals surface area contributed by atoms with Gasteiger partial charge in [-0.1, -0.05) is 0 Å². The number of hydrogen-bond acceptors (Lipinski definition) is 2. The summed E-state index contributed by atoms with van der Waals surface area (Å²) in [5.41, 5.74) is 0. The summed E-state index contributed by atoms with van der Waals surface area (Å²) in [5.74, 6) is -0.996. The first-order valence-electron chi connectivity index (χ1n) is 2.45. The zero-order valence-electron chi connectivity index (χ0n) is 4.73. The highest BCUT2D eigenvalue weighted by Crippen LogP contribution is 2.23. The van der Waals surface area contributed by atoms with Gasteiger partial charge in [0, 0.05) is 4.48 Å². The minimum Gasteiger partial charge on any atom is -0.286 e. The third kappa shape index (κ3) is 1.27. The topological polar surface area (TPSA) is 34.1 Å². The van der Waals surface area contributed by atoms with Crippen molar-refractivity contribution >= 4 is 43.4 Å². The van der Waals surface area contributed by atoms with Crippen LogP contribution in [0, 0.1) is 0 Å². The lowest BCUT2D eigenvalue weighted by Gasteiger charge is -2.01. The van der Waals surface area contributed by atoms with Gasteiger partial charge in [0.2, 0.25) is 11.6 Å². The van der Waals surface area contributed by atoms with Gasteiger partial charge in [-0.3, -0.25) is 9.59 Å². The molecule has 1 aliphatic rings. The Morgan fingerprint density at radius 3 is 2.20 bits per heavy atom. The first-order valence-corrected chi connectivity index (χ1v) is 4.03. The highest BCUT2D eigenvalue weighted by atomic mass is 79.9. The van der Waals surface area contributed by atoms with Crippen LogP contribution in [-0.2, 0) is 9.59 Å². The molecule has 0 spiro atoms. The summed E-state index contributed by atoms with van der Waals surface area (Å²) in [5, 5.41) is 0. The Labute approximate surface area is 74.2 Å². The van der Waals surface area contributed by atoms with E-state index in [0.717, 1.165) is 0 Å². The fourth-order valence-electron chi connectivity index (χ4n) is 0.514. The summed E-state index contributed by atoms with van der Waals surface area (Å²) >= 11 is 6.06. The molecule has 0 fully saturated rings. The van der Waals surface area contributed by atoms with E-state index in [1.54, 1.807) is 0 Å². The van der Waals surface area contributed by atoms with Gasteiger partial charge in [-0.15, -0.1) is 0 Å². The number of carbonyl (C=O) groups excluding carboxylic acids is 2. The largest absolute Gasteiger partial charge is 0.286 e. The first kappa shape index (κ1) is 7.88. The van der Waals surface area contributed by atoms with Gasteiger partial charge < -0.3 is 0 Å². The zero-order valence-corrected chi connectivity index (χ0v) is 7.90. The van der Waals surface area contributed by atoms with Gasteiger partial charge in [-0.2, -0.15) is 0 Å². The molecule has 0 unspecified atom stereocenters. The average Bonchev–Trinajstić information content (AvgIpc) is 1.93. The normalized spacial score (nSPS) is 18.6. The number of hydrogen-bond donors (Lipinski definition) is 0. The van der Waals surface area contributed by atoms with E-state index in [1.165, 1.54) is 12.2 Å². The molecule has 0 aromatic rings. The van der Waals surface area contributed by atoms with Crippen molar-refractivity contribution < 1.29 is 9.59 Å². The molecule has 4 heteroatoms. The standard InChI is InChI=1S/C6H2Br2O2/c7-3-1-2-4(9)6(10)5(3)8/h1-2H. The van der Waals surface area contributed by atoms with E-state index in [9.17, 15) is 9.59 Å². The van der Waals surface area contributed by atoms with Crippen molar-refractivity contribution in [3.05, 3.63) is 21.1 Å². The summed E-state index contributed by atoms with van der Waals surface area (Å²) in [6.45, 7) is 0. The highest BCUT2D eigenvalue weighted by molar-refractivity contribution is 9.14. The minimum absolute atomic E-state index is 0.292. The van der Waals surface area contributed by atoms with Gasteiger partial charge in [0.25, 0.3) is 0 Å². The molecule has 0 aliphatic heterocycles. The molecule has 1 aliphatic carbocycles. The van der Waals surface area contributed by atoms with Crippen LogP contribution in [0.4, 0.5) is 0 Å². The van der Waals surface area contributed by atoms with Gasteiger partial charge in [0.05, 0.1) is 4.48 Å². The molecule has 0 saturated heterocycles. The molecule has 0 N–H and O–H groups in total. The van der Waals surface area contributed by atoms with Crippen molar-refractivity contribution in [1.29, 1.82) is 0 Å². The lowest BCUT2D eigenvalue weighted by atomic mass is 10.1. The Morgan fingerprint density at radius 2 is 1.70 bits per heavy atom. The summed E-state index contributed by atoms with van der Waals surface area (Å²) in [6.07, 6.45) is 2.77. The number of rotatable bonds is 0. The molecule has 0 heterocycles. The molecule has 0 aromatic heterocycles. The lowest BCUT2D eigenvalue weighted by Crippen LogP contribution is -2.13. The van der Waals surface area contributed by atoms with Gasteiger partial charge in [-0.05, 0) is 44.0 Å². The summed E-state index contributed by atoms with van der Waals surface area (Å²) in [6, 6.07) is 0. The van der Waals surface area contributed by atoms with E-state index in [4.69, 9.17) is 0 Å². The smallest absolute Gasteiger partial charge is 0.240 e. The third-order valence-corrected chi connectivity index (χ3v) is 2.99. The maximum Gasteiger partial charge on any atom is 0.240 e. The van der Waals surface area contributed by atoms with E-state index in [2.05, 4.69) is 31.9 Å². The van der Waals surface area contributed by atoms with E-state index in [-0.39, 0.29) is 0 Å². The second-order valence-electron chi connectivity index (χ2n) is 1.69. The predicted octanol–water partition coefficient (Wildman–Crippen LogP) is 1.70. The molecular weight excluding hydrogens is 264 g/mol. The number of allylic oxidation sites excluding steroid dienone is 4. The van der Waals surface area contributed by atoms with Crippen LogP contribution in [-0.4, -0.2) is 11.6 Å². The molecule has 0 radical (unpaired) electrons. The molecule has 52 valence electrons. The van der Waals surface area contributed by atoms with Crippen molar-refractivity contribution in [2.24, 2.45) is 0 Å². The number of Topliss-reactive ketones (excluding diaryl/α,β-unsaturated/α-hetero) is 1. The number of halogens is 2. The van der Waals surface area contributed by atoms with Gasteiger partial charge >= 0.3 is 0 Å². The molecule has 0 aromatic carbocycles. The van der Waals surface area contributed by atoms with Crippen LogP contribution in [0.15, 0.2) is 21.1 Å². The van der Waals surface area contributed by atoms with Crippen molar-refractivity contribution in [2.45, 2.75) is 0 Å². The molecule has 0 atom stereocenters. The van der Waals surface area contributed by atoms with Crippen LogP contribution in [0.25, 0.3) is 0 Å². The molecule has 10 heavy (non-hydrogen) atoms. The second-order valence-corrected chi connectivity index (χ2v) is 3.34. The molecule has 2 nitrogen and oxygen atoms in total. The van der Waals surface area contributed by atoms with Gasteiger partial charge in [0.15, 0.2) is 0 Å². The number of carbonyl (C=O) groups is 2.